The maximum absolute atomic E-state index is 12.0. The largest absolute Gasteiger partial charge is 0.493 e. The first-order chi connectivity index (χ1) is 11.5. The lowest BCUT2D eigenvalue weighted by Crippen LogP contribution is -2.17. The van der Waals surface area contributed by atoms with E-state index in [1.54, 1.807) is 43.7 Å². The summed E-state index contributed by atoms with van der Waals surface area (Å²) >= 11 is 8.03. The molecule has 0 aliphatic heterocycles. The van der Waals surface area contributed by atoms with Gasteiger partial charge >= 0.3 is 0 Å². The summed E-state index contributed by atoms with van der Waals surface area (Å²) in [4.78, 5) is 12.0. The van der Waals surface area contributed by atoms with Gasteiger partial charge in [0, 0.05) is 10.6 Å². The number of methoxy groups -OCH3 is 1. The van der Waals surface area contributed by atoms with Crippen LogP contribution in [0.2, 0.25) is 5.02 Å². The molecule has 0 fully saturated rings. The van der Waals surface area contributed by atoms with Gasteiger partial charge in [-0.3, -0.25) is 4.79 Å². The van der Waals surface area contributed by atoms with E-state index in [4.69, 9.17) is 21.1 Å². The number of nitrogens with zero attached hydrogens (tertiary/aromatic N) is 1. The average molecular weight is 459 g/mol. The minimum atomic E-state index is -0.332. The number of benzene rings is 2. The Morgan fingerprint density at radius 2 is 2.17 bits per heavy atom. The molecule has 0 aliphatic rings. The van der Waals surface area contributed by atoms with Crippen LogP contribution in [-0.4, -0.2) is 25.8 Å². The van der Waals surface area contributed by atoms with Gasteiger partial charge in [0.25, 0.3) is 5.91 Å². The Kier molecular flexibility index (Phi) is 6.86. The van der Waals surface area contributed by atoms with Crippen LogP contribution < -0.4 is 14.9 Å². The fraction of sp³-hybridized carbons (Fsp3) is 0.176. The van der Waals surface area contributed by atoms with Crippen molar-refractivity contribution in [1.29, 1.82) is 0 Å². The molecular formula is C17H16ClIN2O3. The van der Waals surface area contributed by atoms with Gasteiger partial charge in [-0.15, -0.1) is 0 Å². The topological polar surface area (TPSA) is 59.9 Å². The Morgan fingerprint density at radius 3 is 2.83 bits per heavy atom. The molecule has 0 spiro atoms. The number of amides is 1. The summed E-state index contributed by atoms with van der Waals surface area (Å²) in [5, 5.41) is 4.47. The SMILES string of the molecule is CCOc1c(I)cc(/C=N\NC(=O)c2cccc(Cl)c2)cc1OC. The predicted octanol–water partition coefficient (Wildman–Crippen LogP) is 4.12. The molecule has 2 aromatic carbocycles. The molecule has 0 unspecified atom stereocenters. The van der Waals surface area contributed by atoms with Crippen LogP contribution in [0.15, 0.2) is 41.5 Å². The third-order valence-electron chi connectivity index (χ3n) is 3.01. The van der Waals surface area contributed by atoms with Crippen molar-refractivity contribution in [3.05, 3.63) is 56.1 Å². The molecule has 126 valence electrons. The molecule has 0 atom stereocenters. The number of hydrazone groups is 1. The van der Waals surface area contributed by atoms with Crippen molar-refractivity contribution >= 4 is 46.3 Å². The summed E-state index contributed by atoms with van der Waals surface area (Å²) in [5.41, 5.74) is 3.70. The van der Waals surface area contributed by atoms with Crippen molar-refractivity contribution in [2.75, 3.05) is 13.7 Å². The number of hydrogen-bond donors (Lipinski definition) is 1. The van der Waals surface area contributed by atoms with Crippen LogP contribution in [0.1, 0.15) is 22.8 Å². The van der Waals surface area contributed by atoms with Crippen LogP contribution in [0.3, 0.4) is 0 Å². The molecule has 7 heteroatoms. The maximum atomic E-state index is 12.0. The smallest absolute Gasteiger partial charge is 0.271 e. The molecule has 0 saturated heterocycles. The van der Waals surface area contributed by atoms with E-state index in [-0.39, 0.29) is 5.91 Å². The number of halogens is 2. The zero-order valence-electron chi connectivity index (χ0n) is 13.2. The van der Waals surface area contributed by atoms with Gasteiger partial charge in [0.2, 0.25) is 0 Å². The van der Waals surface area contributed by atoms with Crippen LogP contribution in [0.25, 0.3) is 0 Å². The molecule has 0 radical (unpaired) electrons. The first kappa shape index (κ1) is 18.5. The molecule has 2 rings (SSSR count). The summed E-state index contributed by atoms with van der Waals surface area (Å²) < 4.78 is 11.8. The van der Waals surface area contributed by atoms with Crippen molar-refractivity contribution in [1.82, 2.24) is 5.43 Å². The van der Waals surface area contributed by atoms with Crippen molar-refractivity contribution in [2.45, 2.75) is 6.92 Å². The molecule has 0 saturated carbocycles. The number of nitrogens with one attached hydrogen (secondary N) is 1. The highest BCUT2D eigenvalue weighted by molar-refractivity contribution is 14.1. The molecular weight excluding hydrogens is 443 g/mol. The third-order valence-corrected chi connectivity index (χ3v) is 4.04. The third kappa shape index (κ3) is 4.85. The van der Waals surface area contributed by atoms with Crippen molar-refractivity contribution in [2.24, 2.45) is 5.10 Å². The minimum absolute atomic E-state index is 0.332. The maximum Gasteiger partial charge on any atom is 0.271 e. The first-order valence-electron chi connectivity index (χ1n) is 7.14. The summed E-state index contributed by atoms with van der Waals surface area (Å²) in [5.74, 6) is 0.980. The highest BCUT2D eigenvalue weighted by atomic mass is 127. The Balaban J connectivity index is 2.11. The monoisotopic (exact) mass is 458 g/mol. The number of ether oxygens (including phenoxy) is 2. The van der Waals surface area contributed by atoms with E-state index in [1.807, 2.05) is 13.0 Å². The van der Waals surface area contributed by atoms with E-state index in [1.165, 1.54) is 0 Å². The first-order valence-corrected chi connectivity index (χ1v) is 8.60. The Labute approximate surface area is 159 Å². The molecule has 0 aromatic heterocycles. The average Bonchev–Trinajstić information content (AvgIpc) is 2.57. The zero-order valence-corrected chi connectivity index (χ0v) is 16.1. The highest BCUT2D eigenvalue weighted by Crippen LogP contribution is 2.33. The van der Waals surface area contributed by atoms with Crippen LogP contribution in [0.4, 0.5) is 0 Å². The summed E-state index contributed by atoms with van der Waals surface area (Å²) in [7, 11) is 1.58. The van der Waals surface area contributed by atoms with Gasteiger partial charge in [-0.05, 0) is 65.4 Å². The van der Waals surface area contributed by atoms with Crippen LogP contribution in [0.5, 0.6) is 11.5 Å². The number of rotatable bonds is 6. The fourth-order valence-corrected chi connectivity index (χ4v) is 2.93. The Morgan fingerprint density at radius 1 is 1.38 bits per heavy atom. The van der Waals surface area contributed by atoms with Crippen molar-refractivity contribution in [3.8, 4) is 11.5 Å². The second kappa shape index (κ2) is 8.89. The number of hydrogen-bond acceptors (Lipinski definition) is 4. The van der Waals surface area contributed by atoms with E-state index in [0.717, 1.165) is 9.13 Å². The Bertz CT molecular complexity index is 765. The van der Waals surface area contributed by atoms with Gasteiger partial charge in [-0.25, -0.2) is 5.43 Å². The van der Waals surface area contributed by atoms with Gasteiger partial charge in [0.05, 0.1) is 23.5 Å². The quantitative estimate of drug-likeness (QED) is 0.402. The van der Waals surface area contributed by atoms with E-state index >= 15 is 0 Å². The van der Waals surface area contributed by atoms with Gasteiger partial charge in [0.15, 0.2) is 11.5 Å². The lowest BCUT2D eigenvalue weighted by atomic mass is 10.2. The number of carbonyl (C=O) groups excluding carboxylic acids is 1. The normalized spacial score (nSPS) is 10.7. The van der Waals surface area contributed by atoms with Crippen LogP contribution in [0, 0.1) is 3.57 Å². The fourth-order valence-electron chi connectivity index (χ4n) is 1.96. The second-order valence-corrected chi connectivity index (χ2v) is 6.28. The van der Waals surface area contributed by atoms with Gasteiger partial charge < -0.3 is 9.47 Å². The standard InChI is InChI=1S/C17H16ClIN2O3/c1-3-24-16-14(19)7-11(8-15(16)23-2)10-20-21-17(22)12-5-4-6-13(18)9-12/h4-10H,3H2,1-2H3,(H,21,22)/b20-10-. The molecule has 0 bridgehead atoms. The molecule has 5 nitrogen and oxygen atoms in total. The van der Waals surface area contributed by atoms with E-state index in [2.05, 4.69) is 33.1 Å². The molecule has 0 heterocycles. The van der Waals surface area contributed by atoms with Gasteiger partial charge in [0.1, 0.15) is 0 Å². The van der Waals surface area contributed by atoms with E-state index in [0.29, 0.717) is 28.7 Å². The zero-order chi connectivity index (χ0) is 17.5. The lowest BCUT2D eigenvalue weighted by molar-refractivity contribution is 0.0955. The molecule has 2 aromatic rings. The summed E-state index contributed by atoms with van der Waals surface area (Å²) in [6.45, 7) is 2.46. The summed E-state index contributed by atoms with van der Waals surface area (Å²) in [6.07, 6.45) is 1.54. The van der Waals surface area contributed by atoms with Crippen LogP contribution in [-0.2, 0) is 0 Å². The molecule has 24 heavy (non-hydrogen) atoms. The Hall–Kier alpha value is -1.80. The van der Waals surface area contributed by atoms with Crippen molar-refractivity contribution in [3.63, 3.8) is 0 Å². The minimum Gasteiger partial charge on any atom is -0.493 e. The number of carbonyl (C=O) groups is 1. The highest BCUT2D eigenvalue weighted by Gasteiger charge is 2.10. The van der Waals surface area contributed by atoms with E-state index in [9.17, 15) is 4.79 Å². The lowest BCUT2D eigenvalue weighted by Gasteiger charge is -2.12. The van der Waals surface area contributed by atoms with Crippen LogP contribution >= 0.6 is 34.2 Å². The second-order valence-electron chi connectivity index (χ2n) is 4.68. The van der Waals surface area contributed by atoms with Crippen molar-refractivity contribution < 1.29 is 14.3 Å². The molecule has 0 aliphatic carbocycles. The van der Waals surface area contributed by atoms with E-state index < -0.39 is 0 Å². The molecule has 1 amide bonds. The molecule has 1 N–H and O–H groups in total. The predicted molar refractivity (Wildman–Crippen MR) is 103 cm³/mol. The van der Waals surface area contributed by atoms with Gasteiger partial charge in [-0.2, -0.15) is 5.10 Å². The van der Waals surface area contributed by atoms with Gasteiger partial charge in [-0.1, -0.05) is 17.7 Å². The summed E-state index contributed by atoms with van der Waals surface area (Å²) in [6, 6.07) is 10.3.